The fourth-order valence-corrected chi connectivity index (χ4v) is 3.02. The molecule has 0 saturated carbocycles. The van der Waals surface area contributed by atoms with Crippen molar-refractivity contribution in [1.29, 1.82) is 0 Å². The number of amides is 1. The average Bonchev–Trinajstić information content (AvgIpc) is 3.01. The Labute approximate surface area is 135 Å². The van der Waals surface area contributed by atoms with Gasteiger partial charge in [-0.15, -0.1) is 11.3 Å². The van der Waals surface area contributed by atoms with Crippen LogP contribution in [0.3, 0.4) is 0 Å². The van der Waals surface area contributed by atoms with E-state index < -0.39 is 6.10 Å². The number of ether oxygens (including phenoxy) is 1. The third-order valence-electron chi connectivity index (χ3n) is 2.99. The molecule has 1 amide bonds. The Morgan fingerprint density at radius 2 is 2.29 bits per heavy atom. The molecule has 0 aliphatic carbocycles. The van der Waals surface area contributed by atoms with Crippen molar-refractivity contribution in [3.63, 3.8) is 0 Å². The van der Waals surface area contributed by atoms with Gasteiger partial charge in [-0.05, 0) is 52.0 Å². The molecular formula is C15H16BrNO3S. The van der Waals surface area contributed by atoms with Crippen LogP contribution < -0.4 is 10.1 Å². The average molecular weight is 370 g/mol. The van der Waals surface area contributed by atoms with Crippen LogP contribution in [0.1, 0.15) is 27.8 Å². The molecule has 0 spiro atoms. The molecule has 0 radical (unpaired) electrons. The maximum Gasteiger partial charge on any atom is 0.252 e. The number of nitrogens with one attached hydrogen (secondary N) is 1. The number of halogens is 1. The summed E-state index contributed by atoms with van der Waals surface area (Å²) in [7, 11) is 1.56. The van der Waals surface area contributed by atoms with E-state index in [0.29, 0.717) is 28.8 Å². The summed E-state index contributed by atoms with van der Waals surface area (Å²) in [6.07, 6.45) is -0.0625. The zero-order valence-electron chi connectivity index (χ0n) is 11.5. The van der Waals surface area contributed by atoms with Crippen LogP contribution in [-0.4, -0.2) is 24.7 Å². The second kappa shape index (κ2) is 7.59. The number of aliphatic hydroxyl groups excluding tert-OH is 1. The van der Waals surface area contributed by atoms with Crippen molar-refractivity contribution >= 4 is 33.2 Å². The monoisotopic (exact) mass is 369 g/mol. The third-order valence-corrected chi connectivity index (χ3v) is 4.66. The Morgan fingerprint density at radius 3 is 2.95 bits per heavy atom. The van der Waals surface area contributed by atoms with E-state index in [1.165, 1.54) is 11.3 Å². The van der Waals surface area contributed by atoms with Gasteiger partial charge in [0.15, 0.2) is 0 Å². The van der Waals surface area contributed by atoms with E-state index in [1.54, 1.807) is 25.3 Å². The molecular weight excluding hydrogens is 354 g/mol. The highest BCUT2D eigenvalue weighted by atomic mass is 79.9. The second-order valence-corrected chi connectivity index (χ2v) is 6.26. The Balaban J connectivity index is 1.90. The van der Waals surface area contributed by atoms with Crippen LogP contribution in [0.4, 0.5) is 0 Å². The predicted molar refractivity (Wildman–Crippen MR) is 86.9 cm³/mol. The Morgan fingerprint density at radius 1 is 1.48 bits per heavy atom. The molecule has 4 nitrogen and oxygen atoms in total. The van der Waals surface area contributed by atoms with E-state index in [1.807, 2.05) is 17.5 Å². The van der Waals surface area contributed by atoms with Gasteiger partial charge in [-0.2, -0.15) is 0 Å². The number of hydrogen-bond donors (Lipinski definition) is 2. The summed E-state index contributed by atoms with van der Waals surface area (Å²) in [5.74, 6) is 0.432. The molecule has 2 N–H and O–H groups in total. The van der Waals surface area contributed by atoms with E-state index in [4.69, 9.17) is 4.74 Å². The lowest BCUT2D eigenvalue weighted by atomic mass is 10.2. The zero-order valence-corrected chi connectivity index (χ0v) is 13.9. The van der Waals surface area contributed by atoms with Gasteiger partial charge in [-0.25, -0.2) is 0 Å². The Hall–Kier alpha value is -1.37. The topological polar surface area (TPSA) is 58.6 Å². The van der Waals surface area contributed by atoms with Crippen molar-refractivity contribution in [2.45, 2.75) is 12.5 Å². The van der Waals surface area contributed by atoms with Gasteiger partial charge >= 0.3 is 0 Å². The fourth-order valence-electron chi connectivity index (χ4n) is 1.85. The summed E-state index contributed by atoms with van der Waals surface area (Å²) in [5.41, 5.74) is 0.514. The molecule has 112 valence electrons. The molecule has 6 heteroatoms. The molecule has 1 aromatic heterocycles. The molecule has 0 bridgehead atoms. The van der Waals surface area contributed by atoms with Gasteiger partial charge in [-0.1, -0.05) is 6.07 Å². The quantitative estimate of drug-likeness (QED) is 0.820. The number of rotatable bonds is 6. The first-order valence-corrected chi connectivity index (χ1v) is 8.12. The summed E-state index contributed by atoms with van der Waals surface area (Å²) < 4.78 is 5.82. The summed E-state index contributed by atoms with van der Waals surface area (Å²) in [5, 5.41) is 14.7. The number of aliphatic hydroxyl groups is 1. The summed E-state index contributed by atoms with van der Waals surface area (Å²) in [6, 6.07) is 9.01. The number of hydrogen-bond acceptors (Lipinski definition) is 4. The zero-order chi connectivity index (χ0) is 15.2. The predicted octanol–water partition coefficient (Wildman–Crippen LogP) is 3.37. The highest BCUT2D eigenvalue weighted by Crippen LogP contribution is 2.23. The lowest BCUT2D eigenvalue weighted by molar-refractivity contribution is 0.0942. The largest absolute Gasteiger partial charge is 0.497 e. The van der Waals surface area contributed by atoms with Crippen LogP contribution in [0, 0.1) is 0 Å². The van der Waals surface area contributed by atoms with Crippen LogP contribution in [0.15, 0.2) is 40.2 Å². The maximum absolute atomic E-state index is 12.1. The fraction of sp³-hybridized carbons (Fsp3) is 0.267. The first-order valence-electron chi connectivity index (χ1n) is 6.45. The van der Waals surface area contributed by atoms with Crippen LogP contribution in [0.2, 0.25) is 0 Å². The Bertz CT molecular complexity index is 601. The first kappa shape index (κ1) is 16.0. The van der Waals surface area contributed by atoms with Gasteiger partial charge in [0, 0.05) is 15.9 Å². The Kier molecular flexibility index (Phi) is 5.78. The van der Waals surface area contributed by atoms with Gasteiger partial charge in [0.1, 0.15) is 5.75 Å². The molecule has 1 heterocycles. The summed E-state index contributed by atoms with van der Waals surface area (Å²) >= 11 is 4.86. The highest BCUT2D eigenvalue weighted by molar-refractivity contribution is 9.10. The van der Waals surface area contributed by atoms with E-state index >= 15 is 0 Å². The van der Waals surface area contributed by atoms with Crippen LogP contribution >= 0.6 is 27.3 Å². The first-order chi connectivity index (χ1) is 10.1. The molecule has 2 rings (SSSR count). The molecule has 0 aliphatic rings. The molecule has 0 saturated heterocycles. The van der Waals surface area contributed by atoms with Crippen molar-refractivity contribution in [2.75, 3.05) is 13.7 Å². The van der Waals surface area contributed by atoms with E-state index in [0.717, 1.165) is 4.88 Å². The van der Waals surface area contributed by atoms with Crippen molar-refractivity contribution in [2.24, 2.45) is 0 Å². The van der Waals surface area contributed by atoms with Crippen LogP contribution in [-0.2, 0) is 0 Å². The number of thiophene rings is 1. The highest BCUT2D eigenvalue weighted by Gasteiger charge is 2.13. The summed E-state index contributed by atoms with van der Waals surface area (Å²) in [6.45, 7) is 0.404. The molecule has 2 aromatic rings. The standard InChI is InChI=1S/C15H16BrNO3S/c1-20-10-4-5-12(16)11(9-10)15(19)17-7-6-13(18)14-3-2-8-21-14/h2-5,8-9,13,18H,6-7H2,1H3,(H,17,19)/t13-/m0/s1. The maximum atomic E-state index is 12.1. The SMILES string of the molecule is COc1ccc(Br)c(C(=O)NCC[C@H](O)c2cccs2)c1. The molecule has 1 aromatic carbocycles. The van der Waals surface area contributed by atoms with Crippen molar-refractivity contribution in [3.8, 4) is 5.75 Å². The molecule has 0 aliphatic heterocycles. The lowest BCUT2D eigenvalue weighted by Crippen LogP contribution is -2.25. The molecule has 0 unspecified atom stereocenters. The van der Waals surface area contributed by atoms with Crippen molar-refractivity contribution < 1.29 is 14.6 Å². The van der Waals surface area contributed by atoms with Crippen molar-refractivity contribution in [3.05, 3.63) is 50.6 Å². The number of carbonyl (C=O) groups is 1. The van der Waals surface area contributed by atoms with Crippen LogP contribution in [0.5, 0.6) is 5.75 Å². The van der Waals surface area contributed by atoms with E-state index in [9.17, 15) is 9.90 Å². The van der Waals surface area contributed by atoms with Crippen LogP contribution in [0.25, 0.3) is 0 Å². The van der Waals surface area contributed by atoms with Gasteiger partial charge in [0.25, 0.3) is 5.91 Å². The minimum atomic E-state index is -0.543. The molecule has 1 atom stereocenters. The van der Waals surface area contributed by atoms with E-state index in [2.05, 4.69) is 21.2 Å². The van der Waals surface area contributed by atoms with Gasteiger partial charge in [0.2, 0.25) is 0 Å². The summed E-state index contributed by atoms with van der Waals surface area (Å²) in [4.78, 5) is 13.0. The molecule has 0 fully saturated rings. The number of carbonyl (C=O) groups excluding carboxylic acids is 1. The number of methoxy groups -OCH3 is 1. The smallest absolute Gasteiger partial charge is 0.252 e. The van der Waals surface area contributed by atoms with Crippen molar-refractivity contribution in [1.82, 2.24) is 5.32 Å². The second-order valence-electron chi connectivity index (χ2n) is 4.42. The van der Waals surface area contributed by atoms with Gasteiger partial charge in [-0.3, -0.25) is 4.79 Å². The minimum absolute atomic E-state index is 0.195. The number of benzene rings is 1. The molecule has 21 heavy (non-hydrogen) atoms. The lowest BCUT2D eigenvalue weighted by Gasteiger charge is -2.11. The normalized spacial score (nSPS) is 12.0. The van der Waals surface area contributed by atoms with E-state index in [-0.39, 0.29) is 5.91 Å². The third kappa shape index (κ3) is 4.30. The minimum Gasteiger partial charge on any atom is -0.497 e. The van der Waals surface area contributed by atoms with Gasteiger partial charge in [0.05, 0.1) is 18.8 Å². The van der Waals surface area contributed by atoms with Gasteiger partial charge < -0.3 is 15.2 Å².